The van der Waals surface area contributed by atoms with E-state index in [1.165, 1.54) is 0 Å². The molecule has 0 saturated heterocycles. The van der Waals surface area contributed by atoms with Crippen molar-refractivity contribution in [2.75, 3.05) is 0 Å². The fourth-order valence-electron chi connectivity index (χ4n) is 0.707. The molecular weight excluding hydrogens is 150 g/mol. The van der Waals surface area contributed by atoms with E-state index in [-0.39, 0.29) is 11.8 Å². The van der Waals surface area contributed by atoms with Crippen molar-refractivity contribution >= 4 is 0 Å². The van der Waals surface area contributed by atoms with Gasteiger partial charge in [0.2, 0.25) is 0 Å². The average molecular weight is 166 g/mol. The van der Waals surface area contributed by atoms with E-state index in [9.17, 15) is 8.78 Å². The zero-order chi connectivity index (χ0) is 9.07. The van der Waals surface area contributed by atoms with Crippen LogP contribution < -0.4 is 0 Å². The molecule has 0 radical (unpaired) electrons. The molecule has 11 heavy (non-hydrogen) atoms. The predicted molar refractivity (Wildman–Crippen MR) is 40.7 cm³/mol. The first-order valence-corrected chi connectivity index (χ1v) is 3.79. The van der Waals surface area contributed by atoms with Crippen molar-refractivity contribution in [3.63, 3.8) is 0 Å². The Morgan fingerprint density at radius 1 is 1.27 bits per heavy atom. The lowest BCUT2D eigenvalue weighted by atomic mass is 9.89. The monoisotopic (exact) mass is 166 g/mol. The van der Waals surface area contributed by atoms with Crippen LogP contribution in [0.15, 0.2) is 0 Å². The predicted octanol–water partition coefficient (Wildman–Crippen LogP) is 2.44. The zero-order valence-electron chi connectivity index (χ0n) is 7.27. The summed E-state index contributed by atoms with van der Waals surface area (Å²) < 4.78 is 23.5. The summed E-state index contributed by atoms with van der Waals surface area (Å²) in [6, 6.07) is 0. The number of aliphatic hydroxyl groups excluding tert-OH is 1. The highest BCUT2D eigenvalue weighted by molar-refractivity contribution is 4.66. The summed E-state index contributed by atoms with van der Waals surface area (Å²) in [6.07, 6.45) is -3.24. The minimum absolute atomic E-state index is 0.0237. The van der Waals surface area contributed by atoms with E-state index < -0.39 is 12.5 Å². The largest absolute Gasteiger partial charge is 0.387 e. The summed E-state index contributed by atoms with van der Waals surface area (Å²) in [6.45, 7) is 5.89. The molecule has 0 heterocycles. The number of alkyl halides is 2. The molecule has 0 aromatic carbocycles. The van der Waals surface area contributed by atoms with E-state index in [1.54, 1.807) is 0 Å². The van der Waals surface area contributed by atoms with Gasteiger partial charge >= 0.3 is 0 Å². The van der Waals surface area contributed by atoms with Crippen LogP contribution in [0, 0.1) is 5.41 Å². The molecule has 0 aromatic rings. The van der Waals surface area contributed by atoms with Gasteiger partial charge in [0.05, 0.1) is 0 Å². The second-order valence-electron chi connectivity index (χ2n) is 4.00. The number of rotatable bonds is 3. The van der Waals surface area contributed by atoms with Crippen LogP contribution in [0.25, 0.3) is 0 Å². The van der Waals surface area contributed by atoms with Crippen LogP contribution in [0.1, 0.15) is 33.6 Å². The Morgan fingerprint density at radius 3 is 2.00 bits per heavy atom. The summed E-state index contributed by atoms with van der Waals surface area (Å²) in [5, 5.41) is 8.74. The Labute approximate surface area is 66.4 Å². The quantitative estimate of drug-likeness (QED) is 0.682. The van der Waals surface area contributed by atoms with Crippen molar-refractivity contribution in [1.29, 1.82) is 0 Å². The van der Waals surface area contributed by atoms with Crippen molar-refractivity contribution < 1.29 is 13.9 Å². The molecule has 1 atom stereocenters. The number of halogens is 2. The molecule has 0 spiro atoms. The first-order chi connectivity index (χ1) is 4.83. The maximum atomic E-state index is 11.8. The lowest BCUT2D eigenvalue weighted by Gasteiger charge is -2.19. The van der Waals surface area contributed by atoms with Crippen molar-refractivity contribution in [1.82, 2.24) is 0 Å². The van der Waals surface area contributed by atoms with Gasteiger partial charge in [-0.15, -0.1) is 0 Å². The zero-order valence-corrected chi connectivity index (χ0v) is 7.27. The minimum Gasteiger partial charge on any atom is -0.387 e. The van der Waals surface area contributed by atoms with Gasteiger partial charge in [0.25, 0.3) is 6.43 Å². The van der Waals surface area contributed by atoms with E-state index in [2.05, 4.69) is 0 Å². The normalized spacial score (nSPS) is 15.5. The Balaban J connectivity index is 3.54. The molecule has 3 heteroatoms. The molecule has 0 aliphatic rings. The molecule has 0 amide bonds. The molecular formula is C8H16F2O. The summed E-state index contributed by atoms with van der Waals surface area (Å²) >= 11 is 0. The molecule has 1 N–H and O–H groups in total. The highest BCUT2D eigenvalue weighted by Crippen LogP contribution is 2.22. The fourth-order valence-corrected chi connectivity index (χ4v) is 0.707. The first kappa shape index (κ1) is 10.8. The molecule has 0 saturated carbocycles. The highest BCUT2D eigenvalue weighted by atomic mass is 19.3. The van der Waals surface area contributed by atoms with Gasteiger partial charge in [0.15, 0.2) is 0 Å². The third-order valence-electron chi connectivity index (χ3n) is 1.48. The number of aliphatic hydroxyl groups is 1. The minimum atomic E-state index is -2.60. The Hall–Kier alpha value is -0.180. The van der Waals surface area contributed by atoms with E-state index >= 15 is 0 Å². The Morgan fingerprint density at radius 2 is 1.73 bits per heavy atom. The summed E-state index contributed by atoms with van der Waals surface area (Å²) in [5.41, 5.74) is 0.0237. The third kappa shape index (κ3) is 6.23. The molecule has 0 rings (SSSR count). The van der Waals surface area contributed by atoms with Crippen molar-refractivity contribution in [3.05, 3.63) is 0 Å². The molecule has 68 valence electrons. The second-order valence-corrected chi connectivity index (χ2v) is 4.00. The topological polar surface area (TPSA) is 20.2 Å². The molecule has 0 aliphatic carbocycles. The molecule has 0 fully saturated rings. The number of hydrogen-bond acceptors (Lipinski definition) is 1. The maximum absolute atomic E-state index is 11.8. The van der Waals surface area contributed by atoms with Gasteiger partial charge in [0, 0.05) is 0 Å². The van der Waals surface area contributed by atoms with Crippen LogP contribution in [0.5, 0.6) is 0 Å². The van der Waals surface area contributed by atoms with E-state index in [0.717, 1.165) is 0 Å². The van der Waals surface area contributed by atoms with Gasteiger partial charge < -0.3 is 5.11 Å². The lowest BCUT2D eigenvalue weighted by molar-refractivity contribution is -0.0140. The molecule has 1 unspecified atom stereocenters. The van der Waals surface area contributed by atoms with Gasteiger partial charge in [-0.05, 0) is 18.3 Å². The maximum Gasteiger partial charge on any atom is 0.264 e. The van der Waals surface area contributed by atoms with Crippen LogP contribution >= 0.6 is 0 Å². The lowest BCUT2D eigenvalue weighted by Crippen LogP contribution is -2.19. The van der Waals surface area contributed by atoms with Crippen LogP contribution in [-0.2, 0) is 0 Å². The van der Waals surface area contributed by atoms with Crippen molar-refractivity contribution in [2.24, 2.45) is 5.41 Å². The SMILES string of the molecule is CC(C)(C)CCC(O)C(F)F. The van der Waals surface area contributed by atoms with E-state index in [4.69, 9.17) is 5.11 Å². The Kier molecular flexibility index (Phi) is 3.93. The van der Waals surface area contributed by atoms with Gasteiger partial charge in [0.1, 0.15) is 6.10 Å². The molecule has 0 aliphatic heterocycles. The van der Waals surface area contributed by atoms with Gasteiger partial charge in [-0.1, -0.05) is 20.8 Å². The summed E-state index contributed by atoms with van der Waals surface area (Å²) in [4.78, 5) is 0. The van der Waals surface area contributed by atoms with E-state index in [1.807, 2.05) is 20.8 Å². The van der Waals surface area contributed by atoms with Crippen LogP contribution in [0.2, 0.25) is 0 Å². The van der Waals surface area contributed by atoms with Crippen LogP contribution in [0.3, 0.4) is 0 Å². The fraction of sp³-hybridized carbons (Fsp3) is 1.00. The van der Waals surface area contributed by atoms with E-state index in [0.29, 0.717) is 6.42 Å². The number of hydrogen-bond donors (Lipinski definition) is 1. The summed E-state index contributed by atoms with van der Waals surface area (Å²) in [7, 11) is 0. The average Bonchev–Trinajstić information content (AvgIpc) is 1.80. The molecule has 0 aromatic heterocycles. The van der Waals surface area contributed by atoms with Crippen LogP contribution in [0.4, 0.5) is 8.78 Å². The first-order valence-electron chi connectivity index (χ1n) is 3.79. The van der Waals surface area contributed by atoms with Crippen molar-refractivity contribution in [3.8, 4) is 0 Å². The van der Waals surface area contributed by atoms with Crippen molar-refractivity contribution in [2.45, 2.75) is 46.1 Å². The van der Waals surface area contributed by atoms with Gasteiger partial charge in [-0.2, -0.15) is 0 Å². The standard InChI is InChI=1S/C8H16F2O/c1-8(2,3)5-4-6(11)7(9)10/h6-7,11H,4-5H2,1-3H3. The van der Waals surface area contributed by atoms with Gasteiger partial charge in [-0.25, -0.2) is 8.78 Å². The molecule has 1 nitrogen and oxygen atoms in total. The molecule has 0 bridgehead atoms. The Bertz CT molecular complexity index is 107. The smallest absolute Gasteiger partial charge is 0.264 e. The van der Waals surface area contributed by atoms with Gasteiger partial charge in [-0.3, -0.25) is 0 Å². The third-order valence-corrected chi connectivity index (χ3v) is 1.48. The summed E-state index contributed by atoms with van der Waals surface area (Å²) in [5.74, 6) is 0. The second kappa shape index (κ2) is 4.00. The highest BCUT2D eigenvalue weighted by Gasteiger charge is 2.19. The van der Waals surface area contributed by atoms with Crippen LogP contribution in [-0.4, -0.2) is 17.6 Å².